The molecule has 0 radical (unpaired) electrons. The minimum atomic E-state index is -0.353. The van der Waals surface area contributed by atoms with Gasteiger partial charge in [-0.1, -0.05) is 45.7 Å². The van der Waals surface area contributed by atoms with E-state index < -0.39 is 0 Å². The number of hydrogen-bond acceptors (Lipinski definition) is 1. The maximum atomic E-state index is 6.63. The third-order valence-electron chi connectivity index (χ3n) is 3.28. The largest absolute Gasteiger partial charge is 0.496 e. The molecule has 106 valence electrons. The summed E-state index contributed by atoms with van der Waals surface area (Å²) in [5, 5.41) is 0.348. The summed E-state index contributed by atoms with van der Waals surface area (Å²) < 4.78 is 6.45. The first kappa shape index (κ1) is 15.7. The summed E-state index contributed by atoms with van der Waals surface area (Å²) in [4.78, 5) is 0. The maximum Gasteiger partial charge on any atom is 0.124 e. The molecule has 0 spiro atoms. The molecule has 0 N–H and O–H groups in total. The first-order chi connectivity index (χ1) is 9.45. The van der Waals surface area contributed by atoms with Gasteiger partial charge in [0.15, 0.2) is 0 Å². The van der Waals surface area contributed by atoms with E-state index in [1.54, 1.807) is 7.11 Å². The van der Waals surface area contributed by atoms with Crippen molar-refractivity contribution in [1.82, 2.24) is 0 Å². The first-order valence-corrected chi connectivity index (χ1v) is 7.79. The lowest BCUT2D eigenvalue weighted by atomic mass is 10.0. The van der Waals surface area contributed by atoms with Gasteiger partial charge in [0.05, 0.1) is 12.5 Å². The van der Waals surface area contributed by atoms with Crippen LogP contribution in [0.1, 0.15) is 27.6 Å². The van der Waals surface area contributed by atoms with Crippen LogP contribution in [0.25, 0.3) is 0 Å². The summed E-state index contributed by atoms with van der Waals surface area (Å²) >= 11 is 16.5. The van der Waals surface area contributed by atoms with Crippen LogP contribution in [0.15, 0.2) is 34.8 Å². The van der Waals surface area contributed by atoms with Gasteiger partial charge in [-0.2, -0.15) is 0 Å². The number of rotatable bonds is 3. The highest BCUT2D eigenvalue weighted by Crippen LogP contribution is 2.41. The molecule has 0 aliphatic rings. The van der Waals surface area contributed by atoms with Crippen LogP contribution in [0.3, 0.4) is 0 Å². The number of aryl methyl sites for hydroxylation is 2. The lowest BCUT2D eigenvalue weighted by Crippen LogP contribution is -2.00. The predicted octanol–water partition coefficient (Wildman–Crippen LogP) is 6.06. The van der Waals surface area contributed by atoms with E-state index in [0.717, 1.165) is 32.5 Å². The molecule has 0 aliphatic heterocycles. The van der Waals surface area contributed by atoms with Crippen molar-refractivity contribution in [2.75, 3.05) is 7.11 Å². The zero-order valence-electron chi connectivity index (χ0n) is 11.5. The Hall–Kier alpha value is -0.700. The van der Waals surface area contributed by atoms with E-state index in [2.05, 4.69) is 15.9 Å². The number of ether oxygens (including phenoxy) is 1. The minimum absolute atomic E-state index is 0.353. The van der Waals surface area contributed by atoms with Crippen molar-refractivity contribution < 1.29 is 4.74 Å². The Labute approximate surface area is 138 Å². The van der Waals surface area contributed by atoms with E-state index in [1.165, 1.54) is 0 Å². The fraction of sp³-hybridized carbons (Fsp3) is 0.250. The fourth-order valence-electron chi connectivity index (χ4n) is 2.08. The zero-order valence-corrected chi connectivity index (χ0v) is 14.6. The van der Waals surface area contributed by atoms with E-state index in [9.17, 15) is 0 Å². The summed E-state index contributed by atoms with van der Waals surface area (Å²) in [5.74, 6) is 0.767. The second-order valence-corrected chi connectivity index (χ2v) is 6.35. The Balaban J connectivity index is 2.55. The molecule has 0 amide bonds. The molecule has 4 heteroatoms. The van der Waals surface area contributed by atoms with E-state index in [-0.39, 0.29) is 5.38 Å². The van der Waals surface area contributed by atoms with Crippen LogP contribution in [-0.4, -0.2) is 7.11 Å². The average molecular weight is 374 g/mol. The van der Waals surface area contributed by atoms with Crippen LogP contribution < -0.4 is 4.74 Å². The number of benzene rings is 2. The Morgan fingerprint density at radius 2 is 1.80 bits per heavy atom. The number of methoxy groups -OCH3 is 1. The first-order valence-electron chi connectivity index (χ1n) is 6.18. The van der Waals surface area contributed by atoms with E-state index >= 15 is 0 Å². The lowest BCUT2D eigenvalue weighted by molar-refractivity contribution is 0.409. The Morgan fingerprint density at radius 1 is 1.10 bits per heavy atom. The van der Waals surface area contributed by atoms with Crippen LogP contribution in [0.5, 0.6) is 5.75 Å². The molecule has 1 nitrogen and oxygen atoms in total. The Morgan fingerprint density at radius 3 is 2.45 bits per heavy atom. The molecule has 0 saturated carbocycles. The van der Waals surface area contributed by atoms with Gasteiger partial charge in [0, 0.05) is 15.1 Å². The third-order valence-corrected chi connectivity index (χ3v) is 5.12. The number of hydrogen-bond donors (Lipinski definition) is 0. The molecule has 2 aromatic carbocycles. The van der Waals surface area contributed by atoms with Crippen molar-refractivity contribution in [3.05, 3.63) is 62.1 Å². The number of alkyl halides is 1. The van der Waals surface area contributed by atoms with Crippen LogP contribution in [0, 0.1) is 13.8 Å². The average Bonchev–Trinajstić information content (AvgIpc) is 2.43. The summed E-state index contributed by atoms with van der Waals surface area (Å²) in [6, 6.07) is 9.84. The van der Waals surface area contributed by atoms with Gasteiger partial charge >= 0.3 is 0 Å². The summed E-state index contributed by atoms with van der Waals surface area (Å²) in [6.45, 7) is 3.98. The zero-order chi connectivity index (χ0) is 14.9. The molecule has 2 rings (SSSR count). The smallest absolute Gasteiger partial charge is 0.124 e. The van der Waals surface area contributed by atoms with Gasteiger partial charge < -0.3 is 4.74 Å². The topological polar surface area (TPSA) is 9.23 Å². The fourth-order valence-corrected chi connectivity index (χ4v) is 3.08. The van der Waals surface area contributed by atoms with Gasteiger partial charge in [0.1, 0.15) is 5.75 Å². The van der Waals surface area contributed by atoms with Gasteiger partial charge in [-0.25, -0.2) is 0 Å². The van der Waals surface area contributed by atoms with Gasteiger partial charge in [0.25, 0.3) is 0 Å². The molecule has 0 fully saturated rings. The molecule has 0 aromatic heterocycles. The molecule has 0 saturated heterocycles. The molecule has 0 aliphatic carbocycles. The highest BCUT2D eigenvalue weighted by atomic mass is 79.9. The van der Waals surface area contributed by atoms with E-state index in [1.807, 2.05) is 44.2 Å². The van der Waals surface area contributed by atoms with Crippen molar-refractivity contribution in [2.24, 2.45) is 0 Å². The Kier molecular flexibility index (Phi) is 5.00. The lowest BCUT2D eigenvalue weighted by Gasteiger charge is -2.18. The molecule has 20 heavy (non-hydrogen) atoms. The standard InChI is InChI=1S/C16H15BrCl2O/c1-9-5-4-6-11(15(9)18)16(19)12-8-13(17)10(2)7-14(12)20-3/h4-8,16H,1-3H3. The van der Waals surface area contributed by atoms with Crippen LogP contribution in [0.2, 0.25) is 5.02 Å². The minimum Gasteiger partial charge on any atom is -0.496 e. The molecule has 0 heterocycles. The maximum absolute atomic E-state index is 6.63. The predicted molar refractivity (Wildman–Crippen MR) is 89.3 cm³/mol. The van der Waals surface area contributed by atoms with Gasteiger partial charge in [-0.05, 0) is 42.7 Å². The van der Waals surface area contributed by atoms with Crippen molar-refractivity contribution in [3.8, 4) is 5.75 Å². The summed E-state index contributed by atoms with van der Waals surface area (Å²) in [7, 11) is 1.65. The second kappa shape index (κ2) is 6.38. The SMILES string of the molecule is COc1cc(C)c(Br)cc1C(Cl)c1cccc(C)c1Cl. The molecular weight excluding hydrogens is 359 g/mol. The van der Waals surface area contributed by atoms with Crippen LogP contribution >= 0.6 is 39.1 Å². The van der Waals surface area contributed by atoms with Gasteiger partial charge in [-0.15, -0.1) is 11.6 Å². The molecule has 1 atom stereocenters. The molecule has 0 bridgehead atoms. The van der Waals surface area contributed by atoms with Gasteiger partial charge in [-0.3, -0.25) is 0 Å². The van der Waals surface area contributed by atoms with E-state index in [0.29, 0.717) is 5.02 Å². The third kappa shape index (κ3) is 2.98. The Bertz CT molecular complexity index is 641. The van der Waals surface area contributed by atoms with Crippen molar-refractivity contribution in [1.29, 1.82) is 0 Å². The summed E-state index contributed by atoms with van der Waals surface area (Å²) in [5.41, 5.74) is 3.91. The summed E-state index contributed by atoms with van der Waals surface area (Å²) in [6.07, 6.45) is 0. The van der Waals surface area contributed by atoms with Crippen LogP contribution in [-0.2, 0) is 0 Å². The monoisotopic (exact) mass is 372 g/mol. The molecule has 1 unspecified atom stereocenters. The molecular formula is C16H15BrCl2O. The second-order valence-electron chi connectivity index (χ2n) is 4.68. The quantitative estimate of drug-likeness (QED) is 0.594. The van der Waals surface area contributed by atoms with Crippen molar-refractivity contribution in [3.63, 3.8) is 0 Å². The number of halogens is 3. The van der Waals surface area contributed by atoms with Crippen molar-refractivity contribution >= 4 is 39.1 Å². The van der Waals surface area contributed by atoms with Gasteiger partial charge in [0.2, 0.25) is 0 Å². The highest BCUT2D eigenvalue weighted by molar-refractivity contribution is 9.10. The van der Waals surface area contributed by atoms with Crippen LogP contribution in [0.4, 0.5) is 0 Å². The molecule has 2 aromatic rings. The normalized spacial score (nSPS) is 12.3. The highest BCUT2D eigenvalue weighted by Gasteiger charge is 2.20. The van der Waals surface area contributed by atoms with E-state index in [4.69, 9.17) is 27.9 Å². The van der Waals surface area contributed by atoms with Crippen molar-refractivity contribution in [2.45, 2.75) is 19.2 Å².